The van der Waals surface area contributed by atoms with Crippen molar-refractivity contribution in [2.45, 2.75) is 19.1 Å². The average Bonchev–Trinajstić information content (AvgIpc) is 2.78. The summed E-state index contributed by atoms with van der Waals surface area (Å²) in [6.07, 6.45) is 0.194. The molecule has 0 heterocycles. The molecule has 0 fully saturated rings. The van der Waals surface area contributed by atoms with Gasteiger partial charge in [0.05, 0.1) is 0 Å². The number of hydrogen-bond acceptors (Lipinski definition) is 3. The van der Waals surface area contributed by atoms with Gasteiger partial charge in [0.25, 0.3) is 5.91 Å². The van der Waals surface area contributed by atoms with Crippen LogP contribution in [0.3, 0.4) is 0 Å². The molecule has 0 aliphatic rings. The highest BCUT2D eigenvalue weighted by Gasteiger charge is 2.19. The van der Waals surface area contributed by atoms with Crippen LogP contribution in [0.15, 0.2) is 84.9 Å². The van der Waals surface area contributed by atoms with Crippen LogP contribution < -0.4 is 10.1 Å². The minimum atomic E-state index is -1.10. The quantitative estimate of drug-likeness (QED) is 0.597. The maximum absolute atomic E-state index is 12.1. The van der Waals surface area contributed by atoms with Gasteiger partial charge in [-0.05, 0) is 35.4 Å². The number of carbonyl (C=O) groups excluding carboxylic acids is 1. The predicted octanol–water partition coefficient (Wildman–Crippen LogP) is 3.43. The lowest BCUT2D eigenvalue weighted by molar-refractivity contribution is -0.141. The summed E-state index contributed by atoms with van der Waals surface area (Å²) in [5.41, 5.74) is 2.46. The zero-order valence-corrected chi connectivity index (χ0v) is 16.2. The number of carboxylic acids is 1. The normalized spacial score (nSPS) is 10.9. The Morgan fingerprint density at radius 3 is 2.13 bits per heavy atom. The zero-order valence-electron chi connectivity index (χ0n) is 16.2. The van der Waals surface area contributed by atoms with Crippen molar-refractivity contribution in [3.05, 3.63) is 102 Å². The molecular weight excluding hydrogens is 378 g/mol. The largest absolute Gasteiger partial charge is 0.489 e. The van der Waals surface area contributed by atoms with Crippen LogP contribution in [-0.4, -0.2) is 23.0 Å². The lowest BCUT2D eigenvalue weighted by atomic mass is 10.1. The fraction of sp³-hybridized carbons (Fsp3) is 0.120. The maximum atomic E-state index is 12.1. The van der Waals surface area contributed by atoms with E-state index in [-0.39, 0.29) is 6.42 Å². The monoisotopic (exact) mass is 399 g/mol. The minimum Gasteiger partial charge on any atom is -0.489 e. The lowest BCUT2D eigenvalue weighted by Gasteiger charge is -2.12. The average molecular weight is 399 g/mol. The van der Waals surface area contributed by atoms with E-state index in [1.807, 2.05) is 72.8 Å². The van der Waals surface area contributed by atoms with Crippen LogP contribution in [-0.2, 0) is 22.6 Å². The van der Waals surface area contributed by atoms with Crippen LogP contribution in [0.2, 0.25) is 0 Å². The van der Waals surface area contributed by atoms with Crippen LogP contribution in [0.5, 0.6) is 5.75 Å². The van der Waals surface area contributed by atoms with E-state index < -0.39 is 17.9 Å². The van der Waals surface area contributed by atoms with Crippen LogP contribution in [0, 0.1) is 11.8 Å². The molecule has 0 saturated heterocycles. The maximum Gasteiger partial charge on any atom is 0.326 e. The number of hydrogen-bond donors (Lipinski definition) is 2. The van der Waals surface area contributed by atoms with Gasteiger partial charge in [-0.25, -0.2) is 4.79 Å². The van der Waals surface area contributed by atoms with Crippen molar-refractivity contribution in [2.24, 2.45) is 0 Å². The summed E-state index contributed by atoms with van der Waals surface area (Å²) < 4.78 is 5.69. The Bertz CT molecular complexity index is 1040. The highest BCUT2D eigenvalue weighted by Crippen LogP contribution is 2.12. The number of amides is 1. The summed E-state index contributed by atoms with van der Waals surface area (Å²) in [4.78, 5) is 23.5. The number of carboxylic acid groups (broad SMARTS) is 1. The van der Waals surface area contributed by atoms with Crippen LogP contribution in [0.4, 0.5) is 0 Å². The number of carbonyl (C=O) groups is 2. The molecule has 1 amide bonds. The molecule has 3 aromatic carbocycles. The molecule has 3 rings (SSSR count). The fourth-order valence-electron chi connectivity index (χ4n) is 2.74. The Balaban J connectivity index is 1.55. The number of para-hydroxylation sites is 1. The Morgan fingerprint density at radius 1 is 0.867 bits per heavy atom. The molecule has 150 valence electrons. The number of ether oxygens (including phenoxy) is 1. The molecule has 0 aromatic heterocycles. The van der Waals surface area contributed by atoms with Crippen LogP contribution in [0.25, 0.3) is 0 Å². The van der Waals surface area contributed by atoms with Crippen molar-refractivity contribution < 1.29 is 19.4 Å². The smallest absolute Gasteiger partial charge is 0.326 e. The summed E-state index contributed by atoms with van der Waals surface area (Å²) in [5.74, 6) is 4.27. The van der Waals surface area contributed by atoms with Crippen molar-refractivity contribution in [1.82, 2.24) is 5.32 Å². The molecule has 0 aliphatic carbocycles. The van der Waals surface area contributed by atoms with Crippen molar-refractivity contribution in [2.75, 3.05) is 0 Å². The van der Waals surface area contributed by atoms with E-state index in [1.165, 1.54) is 0 Å². The van der Waals surface area contributed by atoms with Gasteiger partial charge in [-0.3, -0.25) is 4.79 Å². The third kappa shape index (κ3) is 6.54. The molecular formula is C25H21NO4. The second-order valence-electron chi connectivity index (χ2n) is 6.60. The van der Waals surface area contributed by atoms with Crippen molar-refractivity contribution in [1.29, 1.82) is 0 Å². The standard InChI is InChI=1S/C25H21NO4/c27-24(26-23(25(28)29)17-20-7-3-1-4-8-20)16-15-19-11-13-21(14-12-19)18-30-22-9-5-2-6-10-22/h1-14,23H,17-18H2,(H,26,27)(H,28,29). The molecule has 5 nitrogen and oxygen atoms in total. The molecule has 5 heteroatoms. The Morgan fingerprint density at radius 2 is 1.50 bits per heavy atom. The molecule has 1 unspecified atom stereocenters. The third-order valence-corrected chi connectivity index (χ3v) is 4.31. The fourth-order valence-corrected chi connectivity index (χ4v) is 2.74. The molecule has 1 atom stereocenters. The van der Waals surface area contributed by atoms with E-state index in [0.29, 0.717) is 12.2 Å². The summed E-state index contributed by atoms with van der Waals surface area (Å²) in [6.45, 7) is 0.429. The molecule has 0 radical (unpaired) electrons. The van der Waals surface area contributed by atoms with Gasteiger partial charge in [0.2, 0.25) is 0 Å². The van der Waals surface area contributed by atoms with E-state index in [9.17, 15) is 14.7 Å². The van der Waals surface area contributed by atoms with Gasteiger partial charge in [0.1, 0.15) is 18.4 Å². The number of nitrogens with one attached hydrogen (secondary N) is 1. The molecule has 0 saturated carbocycles. The van der Waals surface area contributed by atoms with Gasteiger partial charge >= 0.3 is 5.97 Å². The van der Waals surface area contributed by atoms with E-state index >= 15 is 0 Å². The highest BCUT2D eigenvalue weighted by atomic mass is 16.5. The second-order valence-corrected chi connectivity index (χ2v) is 6.60. The van der Waals surface area contributed by atoms with Gasteiger partial charge in [0.15, 0.2) is 0 Å². The zero-order chi connectivity index (χ0) is 21.2. The van der Waals surface area contributed by atoms with E-state index in [1.54, 1.807) is 12.1 Å². The molecule has 0 bridgehead atoms. The molecule has 2 N–H and O–H groups in total. The van der Waals surface area contributed by atoms with Crippen LogP contribution >= 0.6 is 0 Å². The third-order valence-electron chi connectivity index (χ3n) is 4.31. The summed E-state index contributed by atoms with van der Waals surface area (Å²) in [5, 5.41) is 11.8. The molecule has 3 aromatic rings. The van der Waals surface area contributed by atoms with Gasteiger partial charge < -0.3 is 15.2 Å². The van der Waals surface area contributed by atoms with Gasteiger partial charge in [0, 0.05) is 17.9 Å². The van der Waals surface area contributed by atoms with Gasteiger partial charge in [-0.15, -0.1) is 0 Å². The SMILES string of the molecule is O=C(C#Cc1ccc(COc2ccccc2)cc1)NC(Cc1ccccc1)C(=O)O. The minimum absolute atomic E-state index is 0.194. The first-order valence-electron chi connectivity index (χ1n) is 9.46. The summed E-state index contributed by atoms with van der Waals surface area (Å²) in [6, 6.07) is 25.0. The molecule has 0 spiro atoms. The Labute approximate surface area is 175 Å². The van der Waals surface area contributed by atoms with Crippen molar-refractivity contribution in [3.63, 3.8) is 0 Å². The Kier molecular flexibility index (Phi) is 7.23. The summed E-state index contributed by atoms with van der Waals surface area (Å²) in [7, 11) is 0. The van der Waals surface area contributed by atoms with Gasteiger partial charge in [-0.1, -0.05) is 66.6 Å². The first kappa shape index (κ1) is 20.7. The number of benzene rings is 3. The Hall–Kier alpha value is -4.04. The number of aliphatic carboxylic acids is 1. The number of rotatable bonds is 7. The lowest BCUT2D eigenvalue weighted by Crippen LogP contribution is -2.41. The predicted molar refractivity (Wildman–Crippen MR) is 114 cm³/mol. The van der Waals surface area contributed by atoms with E-state index in [4.69, 9.17) is 4.74 Å². The second kappa shape index (κ2) is 10.5. The first-order chi connectivity index (χ1) is 14.6. The summed E-state index contributed by atoms with van der Waals surface area (Å²) >= 11 is 0. The van der Waals surface area contributed by atoms with Crippen molar-refractivity contribution >= 4 is 11.9 Å². The highest BCUT2D eigenvalue weighted by molar-refractivity contribution is 5.96. The van der Waals surface area contributed by atoms with Crippen LogP contribution in [0.1, 0.15) is 16.7 Å². The van der Waals surface area contributed by atoms with Crippen molar-refractivity contribution in [3.8, 4) is 17.6 Å². The molecule has 0 aliphatic heterocycles. The molecule has 30 heavy (non-hydrogen) atoms. The van der Waals surface area contributed by atoms with E-state index in [0.717, 1.165) is 16.9 Å². The van der Waals surface area contributed by atoms with E-state index in [2.05, 4.69) is 17.2 Å². The first-order valence-corrected chi connectivity index (χ1v) is 9.46. The topological polar surface area (TPSA) is 75.6 Å². The van der Waals surface area contributed by atoms with Gasteiger partial charge in [-0.2, -0.15) is 0 Å².